The van der Waals surface area contributed by atoms with Crippen LogP contribution >= 0.6 is 23.2 Å². The molecule has 2 aromatic rings. The zero-order chi connectivity index (χ0) is 13.3. The van der Waals surface area contributed by atoms with Crippen molar-refractivity contribution in [2.75, 3.05) is 5.73 Å². The van der Waals surface area contributed by atoms with Crippen molar-refractivity contribution < 1.29 is 4.79 Å². The van der Waals surface area contributed by atoms with E-state index in [9.17, 15) is 4.79 Å². The smallest absolute Gasteiger partial charge is 0.195 e. The summed E-state index contributed by atoms with van der Waals surface area (Å²) < 4.78 is 0. The van der Waals surface area contributed by atoms with E-state index < -0.39 is 0 Å². The van der Waals surface area contributed by atoms with E-state index in [0.717, 1.165) is 5.56 Å². The minimum absolute atomic E-state index is 0.161. The summed E-state index contributed by atoms with van der Waals surface area (Å²) in [7, 11) is 0. The molecule has 0 bridgehead atoms. The largest absolute Gasteiger partial charge is 0.398 e. The molecular weight excluding hydrogens is 269 g/mol. The Hall–Kier alpha value is -1.51. The molecule has 0 saturated carbocycles. The first-order valence-electron chi connectivity index (χ1n) is 5.35. The molecule has 0 saturated heterocycles. The average Bonchev–Trinajstić information content (AvgIpc) is 2.32. The molecule has 2 nitrogen and oxygen atoms in total. The molecule has 0 unspecified atom stereocenters. The third-order valence-corrected chi connectivity index (χ3v) is 3.33. The first kappa shape index (κ1) is 12.9. The monoisotopic (exact) mass is 279 g/mol. The third-order valence-electron chi connectivity index (χ3n) is 2.69. The number of halogens is 2. The van der Waals surface area contributed by atoms with E-state index in [0.29, 0.717) is 26.9 Å². The molecule has 0 spiro atoms. The molecule has 0 aliphatic rings. The minimum atomic E-state index is -0.161. The summed E-state index contributed by atoms with van der Waals surface area (Å²) in [6, 6.07) is 10.0. The van der Waals surface area contributed by atoms with E-state index in [1.807, 2.05) is 13.0 Å². The highest BCUT2D eigenvalue weighted by Gasteiger charge is 2.13. The second-order valence-electron chi connectivity index (χ2n) is 4.02. The zero-order valence-corrected chi connectivity index (χ0v) is 11.2. The van der Waals surface area contributed by atoms with Gasteiger partial charge in [-0.2, -0.15) is 0 Å². The van der Waals surface area contributed by atoms with Gasteiger partial charge >= 0.3 is 0 Å². The van der Waals surface area contributed by atoms with Crippen LogP contribution in [0.5, 0.6) is 0 Å². The van der Waals surface area contributed by atoms with E-state index >= 15 is 0 Å². The van der Waals surface area contributed by atoms with Gasteiger partial charge < -0.3 is 5.73 Å². The molecule has 0 radical (unpaired) electrons. The van der Waals surface area contributed by atoms with Crippen molar-refractivity contribution in [3.8, 4) is 0 Å². The van der Waals surface area contributed by atoms with Crippen molar-refractivity contribution in [2.24, 2.45) is 0 Å². The lowest BCUT2D eigenvalue weighted by atomic mass is 10.0. The van der Waals surface area contributed by atoms with Gasteiger partial charge in [-0.15, -0.1) is 0 Å². The summed E-state index contributed by atoms with van der Waals surface area (Å²) in [4.78, 5) is 12.3. The Bertz CT molecular complexity index is 623. The average molecular weight is 280 g/mol. The first-order chi connectivity index (χ1) is 8.49. The lowest BCUT2D eigenvalue weighted by molar-refractivity contribution is 0.103. The number of hydrogen-bond acceptors (Lipinski definition) is 2. The van der Waals surface area contributed by atoms with Crippen LogP contribution in [0.15, 0.2) is 36.4 Å². The van der Waals surface area contributed by atoms with Crippen LogP contribution in [0.25, 0.3) is 0 Å². The summed E-state index contributed by atoms with van der Waals surface area (Å²) in [6.45, 7) is 1.88. The predicted molar refractivity (Wildman–Crippen MR) is 75.5 cm³/mol. The van der Waals surface area contributed by atoms with Gasteiger partial charge in [0.15, 0.2) is 5.78 Å². The molecule has 0 heterocycles. The van der Waals surface area contributed by atoms with Crippen LogP contribution in [0.4, 0.5) is 5.69 Å². The summed E-state index contributed by atoms with van der Waals surface area (Å²) in [5.74, 6) is -0.161. The summed E-state index contributed by atoms with van der Waals surface area (Å²) >= 11 is 11.8. The van der Waals surface area contributed by atoms with Crippen LogP contribution in [0.2, 0.25) is 10.0 Å². The first-order valence-corrected chi connectivity index (χ1v) is 6.10. The fourth-order valence-corrected chi connectivity index (χ4v) is 1.99. The number of hydrogen-bond donors (Lipinski definition) is 1. The molecule has 2 rings (SSSR count). The molecule has 0 amide bonds. The van der Waals surface area contributed by atoms with Crippen molar-refractivity contribution in [2.45, 2.75) is 6.92 Å². The maximum atomic E-state index is 12.3. The number of nitrogen functional groups attached to an aromatic ring is 1. The van der Waals surface area contributed by atoms with Crippen molar-refractivity contribution in [3.63, 3.8) is 0 Å². The van der Waals surface area contributed by atoms with Crippen molar-refractivity contribution in [3.05, 3.63) is 63.1 Å². The highest BCUT2D eigenvalue weighted by atomic mass is 35.5. The molecule has 92 valence electrons. The van der Waals surface area contributed by atoms with Crippen molar-refractivity contribution >= 4 is 34.7 Å². The summed E-state index contributed by atoms with van der Waals surface area (Å²) in [6.07, 6.45) is 0. The Morgan fingerprint density at radius 2 is 1.83 bits per heavy atom. The highest BCUT2D eigenvalue weighted by Crippen LogP contribution is 2.23. The van der Waals surface area contributed by atoms with E-state index in [4.69, 9.17) is 28.9 Å². The van der Waals surface area contributed by atoms with Gasteiger partial charge in [0.25, 0.3) is 0 Å². The normalized spacial score (nSPS) is 10.4. The number of rotatable bonds is 2. The molecule has 0 fully saturated rings. The van der Waals surface area contributed by atoms with Gasteiger partial charge in [0.1, 0.15) is 0 Å². The topological polar surface area (TPSA) is 43.1 Å². The molecule has 18 heavy (non-hydrogen) atoms. The quantitative estimate of drug-likeness (QED) is 0.664. The lowest BCUT2D eigenvalue weighted by Crippen LogP contribution is -2.05. The Balaban J connectivity index is 2.44. The second-order valence-corrected chi connectivity index (χ2v) is 4.87. The van der Waals surface area contributed by atoms with Crippen LogP contribution in [-0.2, 0) is 0 Å². The number of ketones is 1. The maximum Gasteiger partial charge on any atom is 0.195 e. The SMILES string of the molecule is Cc1ccc(C(=O)c2ccc(Cl)cc2N)cc1Cl. The lowest BCUT2D eigenvalue weighted by Gasteiger charge is -2.06. The molecule has 0 atom stereocenters. The molecule has 0 aromatic heterocycles. The Morgan fingerprint density at radius 3 is 2.44 bits per heavy atom. The number of nitrogens with two attached hydrogens (primary N) is 1. The van der Waals surface area contributed by atoms with Gasteiger partial charge in [0.2, 0.25) is 0 Å². The van der Waals surface area contributed by atoms with Gasteiger partial charge in [0.05, 0.1) is 0 Å². The van der Waals surface area contributed by atoms with Gasteiger partial charge in [0, 0.05) is 26.9 Å². The standard InChI is InChI=1S/C14H11Cl2NO/c1-8-2-3-9(6-12(8)16)14(18)11-5-4-10(15)7-13(11)17/h2-7H,17H2,1H3. The van der Waals surface area contributed by atoms with Crippen LogP contribution in [-0.4, -0.2) is 5.78 Å². The van der Waals surface area contributed by atoms with Crippen LogP contribution in [0.1, 0.15) is 21.5 Å². The van der Waals surface area contributed by atoms with Crippen LogP contribution in [0, 0.1) is 6.92 Å². The number of carbonyl (C=O) groups excluding carboxylic acids is 1. The molecule has 4 heteroatoms. The molecule has 2 N–H and O–H groups in total. The Labute approximate surface area is 115 Å². The zero-order valence-electron chi connectivity index (χ0n) is 9.71. The Kier molecular flexibility index (Phi) is 3.60. The molecular formula is C14H11Cl2NO. The van der Waals surface area contributed by atoms with Crippen LogP contribution < -0.4 is 5.73 Å². The number of aryl methyl sites for hydroxylation is 1. The summed E-state index contributed by atoms with van der Waals surface area (Å²) in [5, 5.41) is 1.07. The van der Waals surface area contributed by atoms with E-state index in [2.05, 4.69) is 0 Å². The van der Waals surface area contributed by atoms with Gasteiger partial charge in [-0.1, -0.05) is 35.3 Å². The van der Waals surface area contributed by atoms with Crippen LogP contribution in [0.3, 0.4) is 0 Å². The molecule has 2 aromatic carbocycles. The molecule has 0 aliphatic carbocycles. The van der Waals surface area contributed by atoms with E-state index in [-0.39, 0.29) is 5.78 Å². The fourth-order valence-electron chi connectivity index (χ4n) is 1.63. The third kappa shape index (κ3) is 2.50. The van der Waals surface area contributed by atoms with Gasteiger partial charge in [-0.05, 0) is 36.8 Å². The van der Waals surface area contributed by atoms with Gasteiger partial charge in [-0.3, -0.25) is 4.79 Å². The number of anilines is 1. The molecule has 0 aliphatic heterocycles. The minimum Gasteiger partial charge on any atom is -0.398 e. The van der Waals surface area contributed by atoms with Crippen molar-refractivity contribution in [1.29, 1.82) is 0 Å². The highest BCUT2D eigenvalue weighted by molar-refractivity contribution is 6.32. The number of carbonyl (C=O) groups is 1. The van der Waals surface area contributed by atoms with Gasteiger partial charge in [-0.25, -0.2) is 0 Å². The van der Waals surface area contributed by atoms with E-state index in [1.165, 1.54) is 0 Å². The van der Waals surface area contributed by atoms with E-state index in [1.54, 1.807) is 30.3 Å². The second kappa shape index (κ2) is 5.01. The van der Waals surface area contributed by atoms with Crippen molar-refractivity contribution in [1.82, 2.24) is 0 Å². The number of benzene rings is 2. The Morgan fingerprint density at radius 1 is 1.11 bits per heavy atom. The predicted octanol–water partition coefficient (Wildman–Crippen LogP) is 4.12. The fraction of sp³-hybridized carbons (Fsp3) is 0.0714. The summed E-state index contributed by atoms with van der Waals surface area (Å²) in [5.41, 5.74) is 8.03. The maximum absolute atomic E-state index is 12.3.